The Morgan fingerprint density at radius 2 is 1.79 bits per heavy atom. The van der Waals surface area contributed by atoms with Gasteiger partial charge < -0.3 is 4.98 Å². The first-order valence-corrected chi connectivity index (χ1v) is 11.6. The van der Waals surface area contributed by atoms with Gasteiger partial charge in [0.1, 0.15) is 17.3 Å². The Hall–Kier alpha value is -3.73. The number of carbonyl (C=O) groups excluding carboxylic acids is 1. The number of aromatic nitrogens is 4. The van der Waals surface area contributed by atoms with E-state index < -0.39 is 38.7 Å². The smallest absolute Gasteiger partial charge is 0.232 e. The van der Waals surface area contributed by atoms with Crippen LogP contribution in [0, 0.1) is 18.6 Å². The quantitative estimate of drug-likeness (QED) is 0.394. The molecule has 0 atom stereocenters. The van der Waals surface area contributed by atoms with Crippen LogP contribution in [0.5, 0.6) is 0 Å². The standard InChI is InChI=1S/C22H19F2N5O3S/c1-3-6-33(31,32)29-18-5-4-17(23)19(20(18)24)21(30)16-11-28-22-15(16)7-13(8-27-22)14-9-25-12(2)26-10-14/h4-5,7-11,29H,3,6H2,1-2H3,(H,27,28). The summed E-state index contributed by atoms with van der Waals surface area (Å²) < 4.78 is 55.8. The fourth-order valence-electron chi connectivity index (χ4n) is 3.35. The number of aryl methyl sites for hydroxylation is 1. The maximum Gasteiger partial charge on any atom is 0.232 e. The molecule has 170 valence electrons. The second-order valence-electron chi connectivity index (χ2n) is 7.38. The number of pyridine rings is 1. The molecule has 11 heteroatoms. The fraction of sp³-hybridized carbons (Fsp3) is 0.182. The second kappa shape index (κ2) is 8.66. The van der Waals surface area contributed by atoms with Gasteiger partial charge >= 0.3 is 0 Å². The van der Waals surface area contributed by atoms with Crippen LogP contribution in [0.4, 0.5) is 14.5 Å². The number of hydrogen-bond donors (Lipinski definition) is 2. The van der Waals surface area contributed by atoms with Gasteiger partial charge in [-0.25, -0.2) is 32.2 Å². The zero-order valence-electron chi connectivity index (χ0n) is 17.7. The van der Waals surface area contributed by atoms with Gasteiger partial charge in [-0.2, -0.15) is 0 Å². The van der Waals surface area contributed by atoms with Crippen LogP contribution in [0.25, 0.3) is 22.2 Å². The Morgan fingerprint density at radius 1 is 1.09 bits per heavy atom. The van der Waals surface area contributed by atoms with Gasteiger partial charge in [-0.15, -0.1) is 0 Å². The van der Waals surface area contributed by atoms with E-state index in [0.29, 0.717) is 34.4 Å². The monoisotopic (exact) mass is 471 g/mol. The zero-order valence-corrected chi connectivity index (χ0v) is 18.5. The van der Waals surface area contributed by atoms with Crippen LogP contribution >= 0.6 is 0 Å². The fourth-order valence-corrected chi connectivity index (χ4v) is 4.48. The summed E-state index contributed by atoms with van der Waals surface area (Å²) in [5.41, 5.74) is 0.229. The van der Waals surface area contributed by atoms with E-state index in [9.17, 15) is 17.6 Å². The van der Waals surface area contributed by atoms with Gasteiger partial charge in [0.05, 0.1) is 17.0 Å². The van der Waals surface area contributed by atoms with Gasteiger partial charge in [0.15, 0.2) is 5.82 Å². The third-order valence-electron chi connectivity index (χ3n) is 4.95. The molecule has 0 saturated heterocycles. The van der Waals surface area contributed by atoms with Gasteiger partial charge in [0.2, 0.25) is 15.8 Å². The first kappa shape index (κ1) is 22.5. The highest BCUT2D eigenvalue weighted by atomic mass is 32.2. The summed E-state index contributed by atoms with van der Waals surface area (Å²) in [5.74, 6) is -3.00. The van der Waals surface area contributed by atoms with Crippen LogP contribution in [-0.2, 0) is 10.0 Å². The summed E-state index contributed by atoms with van der Waals surface area (Å²) >= 11 is 0. The van der Waals surface area contributed by atoms with Crippen molar-refractivity contribution in [2.75, 3.05) is 10.5 Å². The molecule has 0 radical (unpaired) electrons. The summed E-state index contributed by atoms with van der Waals surface area (Å²) in [6, 6.07) is 3.44. The normalized spacial score (nSPS) is 11.6. The average Bonchev–Trinajstić information content (AvgIpc) is 3.19. The van der Waals surface area contributed by atoms with Crippen molar-refractivity contribution >= 4 is 32.5 Å². The van der Waals surface area contributed by atoms with E-state index >= 15 is 4.39 Å². The van der Waals surface area contributed by atoms with Crippen LogP contribution in [0.2, 0.25) is 0 Å². The van der Waals surface area contributed by atoms with E-state index in [1.807, 2.05) is 0 Å². The average molecular weight is 471 g/mol. The van der Waals surface area contributed by atoms with E-state index in [1.54, 1.807) is 38.5 Å². The molecule has 3 heterocycles. The SMILES string of the molecule is CCCS(=O)(=O)Nc1ccc(F)c(C(=O)c2c[nH]c3ncc(-c4cnc(C)nc4)cc23)c1F. The maximum absolute atomic E-state index is 15.1. The van der Waals surface area contributed by atoms with Crippen molar-refractivity contribution in [3.8, 4) is 11.1 Å². The molecular weight excluding hydrogens is 452 g/mol. The number of aromatic amines is 1. The van der Waals surface area contributed by atoms with Gasteiger partial charge in [0, 0.05) is 46.9 Å². The number of rotatable bonds is 7. The van der Waals surface area contributed by atoms with Crippen LogP contribution in [-0.4, -0.2) is 39.9 Å². The van der Waals surface area contributed by atoms with Crippen molar-refractivity contribution in [3.05, 3.63) is 71.6 Å². The van der Waals surface area contributed by atoms with E-state index in [1.165, 1.54) is 6.20 Å². The number of nitrogens with one attached hydrogen (secondary N) is 2. The highest BCUT2D eigenvalue weighted by molar-refractivity contribution is 7.92. The number of H-pyrrole nitrogens is 1. The second-order valence-corrected chi connectivity index (χ2v) is 9.22. The molecule has 2 N–H and O–H groups in total. The molecule has 3 aromatic heterocycles. The molecule has 0 aliphatic rings. The highest BCUT2D eigenvalue weighted by Crippen LogP contribution is 2.29. The van der Waals surface area contributed by atoms with Crippen molar-refractivity contribution in [2.45, 2.75) is 20.3 Å². The summed E-state index contributed by atoms with van der Waals surface area (Å²) in [6.07, 6.45) is 6.38. The number of benzene rings is 1. The van der Waals surface area contributed by atoms with Crippen LogP contribution in [0.15, 0.2) is 43.0 Å². The minimum atomic E-state index is -3.84. The molecule has 0 fully saturated rings. The van der Waals surface area contributed by atoms with Gasteiger partial charge in [-0.1, -0.05) is 6.92 Å². The molecule has 8 nitrogen and oxygen atoms in total. The molecule has 0 saturated carbocycles. The number of sulfonamides is 1. The van der Waals surface area contributed by atoms with Gasteiger partial charge in [-0.3, -0.25) is 9.52 Å². The van der Waals surface area contributed by atoms with Crippen molar-refractivity contribution in [1.82, 2.24) is 19.9 Å². The number of ketones is 1. The summed E-state index contributed by atoms with van der Waals surface area (Å²) in [4.78, 5) is 28.5. The van der Waals surface area contributed by atoms with Crippen LogP contribution in [0.1, 0.15) is 35.1 Å². The summed E-state index contributed by atoms with van der Waals surface area (Å²) in [6.45, 7) is 3.39. The lowest BCUT2D eigenvalue weighted by molar-refractivity contribution is 0.103. The molecule has 33 heavy (non-hydrogen) atoms. The summed E-state index contributed by atoms with van der Waals surface area (Å²) in [7, 11) is -3.84. The van der Waals surface area contributed by atoms with Crippen molar-refractivity contribution in [1.29, 1.82) is 0 Å². The number of carbonyl (C=O) groups is 1. The highest BCUT2D eigenvalue weighted by Gasteiger charge is 2.26. The van der Waals surface area contributed by atoms with Crippen LogP contribution < -0.4 is 4.72 Å². The Labute approximate surface area is 188 Å². The molecule has 0 amide bonds. The van der Waals surface area contributed by atoms with E-state index in [0.717, 1.165) is 12.1 Å². The zero-order chi connectivity index (χ0) is 23.8. The predicted molar refractivity (Wildman–Crippen MR) is 119 cm³/mol. The molecule has 0 bridgehead atoms. The van der Waals surface area contributed by atoms with Gasteiger partial charge in [0.25, 0.3) is 0 Å². The van der Waals surface area contributed by atoms with E-state index in [2.05, 4.69) is 24.7 Å². The van der Waals surface area contributed by atoms with E-state index in [4.69, 9.17) is 0 Å². The van der Waals surface area contributed by atoms with Crippen molar-refractivity contribution in [3.63, 3.8) is 0 Å². The largest absolute Gasteiger partial charge is 0.345 e. The van der Waals surface area contributed by atoms with E-state index in [-0.39, 0.29) is 11.3 Å². The molecule has 0 aliphatic carbocycles. The lowest BCUT2D eigenvalue weighted by Crippen LogP contribution is -2.18. The topological polar surface area (TPSA) is 118 Å². The Morgan fingerprint density at radius 3 is 2.48 bits per heavy atom. The number of anilines is 1. The lowest BCUT2D eigenvalue weighted by Gasteiger charge is -2.11. The third-order valence-corrected chi connectivity index (χ3v) is 6.42. The predicted octanol–water partition coefficient (Wildman–Crippen LogP) is 3.99. The molecule has 4 rings (SSSR count). The lowest BCUT2D eigenvalue weighted by atomic mass is 10.0. The minimum absolute atomic E-state index is 0.0151. The molecule has 0 spiro atoms. The molecule has 1 aromatic carbocycles. The Bertz CT molecular complexity index is 1470. The minimum Gasteiger partial charge on any atom is -0.345 e. The number of nitrogens with zero attached hydrogens (tertiary/aromatic N) is 3. The van der Waals surface area contributed by atoms with Crippen molar-refractivity contribution < 1.29 is 22.0 Å². The van der Waals surface area contributed by atoms with Crippen LogP contribution in [0.3, 0.4) is 0 Å². The molecule has 4 aromatic rings. The molecular formula is C22H19F2N5O3S. The molecule has 0 aliphatic heterocycles. The van der Waals surface area contributed by atoms with Gasteiger partial charge in [-0.05, 0) is 31.5 Å². The first-order valence-electron chi connectivity index (χ1n) is 9.99. The first-order chi connectivity index (χ1) is 15.7. The third kappa shape index (κ3) is 4.44. The summed E-state index contributed by atoms with van der Waals surface area (Å²) in [5, 5.41) is 0.342. The number of halogens is 2. The number of fused-ring (bicyclic) bond motifs is 1. The Kier molecular flexibility index (Phi) is 5.90. The Balaban J connectivity index is 1.78. The number of hydrogen-bond acceptors (Lipinski definition) is 6. The molecule has 0 unspecified atom stereocenters. The van der Waals surface area contributed by atoms with Crippen molar-refractivity contribution in [2.24, 2.45) is 0 Å². The maximum atomic E-state index is 15.1.